The highest BCUT2D eigenvalue weighted by Crippen LogP contribution is 2.46. The maximum Gasteiger partial charge on any atom is 0.143 e. The lowest BCUT2D eigenvalue weighted by Crippen LogP contribution is -2.11. The third kappa shape index (κ3) is 4.47. The minimum atomic E-state index is 0.904. The van der Waals surface area contributed by atoms with E-state index in [1.54, 1.807) is 0 Å². The SMILES string of the molecule is c1ccc(N(c2ccc(-c3cccc4c3sc3ccccc34)cc2)c2ccccc2-c2cccc3c2oc2c4ccccc4ccc32)cc1. The molecule has 49 heavy (non-hydrogen) atoms. The molecular formula is C46H29NOS. The maximum absolute atomic E-state index is 6.80. The number of fused-ring (bicyclic) bond motifs is 8. The molecule has 0 atom stereocenters. The Morgan fingerprint density at radius 1 is 0.388 bits per heavy atom. The van der Waals surface area contributed by atoms with E-state index in [-0.39, 0.29) is 0 Å². The van der Waals surface area contributed by atoms with E-state index in [1.807, 2.05) is 11.3 Å². The van der Waals surface area contributed by atoms with Gasteiger partial charge < -0.3 is 9.32 Å². The van der Waals surface area contributed by atoms with Gasteiger partial charge in [0.2, 0.25) is 0 Å². The molecule has 0 fully saturated rings. The Kier molecular flexibility index (Phi) is 6.39. The number of benzene rings is 8. The first-order chi connectivity index (χ1) is 24.3. The van der Waals surface area contributed by atoms with Crippen molar-refractivity contribution in [3.05, 3.63) is 176 Å². The zero-order valence-corrected chi connectivity index (χ0v) is 27.3. The smallest absolute Gasteiger partial charge is 0.143 e. The van der Waals surface area contributed by atoms with E-state index in [0.717, 1.165) is 55.5 Å². The van der Waals surface area contributed by atoms with E-state index in [4.69, 9.17) is 4.42 Å². The number of rotatable bonds is 5. The number of furan rings is 1. The highest BCUT2D eigenvalue weighted by molar-refractivity contribution is 7.26. The number of anilines is 3. The third-order valence-electron chi connectivity index (χ3n) is 9.68. The molecule has 10 rings (SSSR count). The van der Waals surface area contributed by atoms with Crippen molar-refractivity contribution in [1.82, 2.24) is 0 Å². The van der Waals surface area contributed by atoms with Crippen molar-refractivity contribution in [3.8, 4) is 22.3 Å². The Bertz CT molecular complexity index is 2830. The molecule has 230 valence electrons. The molecule has 8 aromatic carbocycles. The van der Waals surface area contributed by atoms with Gasteiger partial charge in [0.15, 0.2) is 0 Å². The summed E-state index contributed by atoms with van der Waals surface area (Å²) in [6.07, 6.45) is 0. The van der Waals surface area contributed by atoms with Gasteiger partial charge >= 0.3 is 0 Å². The van der Waals surface area contributed by atoms with Crippen molar-refractivity contribution in [2.24, 2.45) is 0 Å². The lowest BCUT2D eigenvalue weighted by molar-refractivity contribution is 0.674. The van der Waals surface area contributed by atoms with Gasteiger partial charge in [-0.2, -0.15) is 0 Å². The minimum absolute atomic E-state index is 0.904. The van der Waals surface area contributed by atoms with Crippen LogP contribution in [0.2, 0.25) is 0 Å². The Labute approximate surface area is 287 Å². The van der Waals surface area contributed by atoms with Crippen molar-refractivity contribution in [2.45, 2.75) is 0 Å². The van der Waals surface area contributed by atoms with Crippen LogP contribution in [0.5, 0.6) is 0 Å². The summed E-state index contributed by atoms with van der Waals surface area (Å²) in [5, 5.41) is 7.21. The third-order valence-corrected chi connectivity index (χ3v) is 10.9. The van der Waals surface area contributed by atoms with E-state index < -0.39 is 0 Å². The van der Waals surface area contributed by atoms with Gasteiger partial charge in [0.05, 0.1) is 5.69 Å². The Hall–Kier alpha value is -6.16. The zero-order chi connectivity index (χ0) is 32.3. The van der Waals surface area contributed by atoms with Crippen molar-refractivity contribution in [2.75, 3.05) is 4.90 Å². The fourth-order valence-electron chi connectivity index (χ4n) is 7.40. The summed E-state index contributed by atoms with van der Waals surface area (Å²) in [7, 11) is 0. The number of nitrogens with zero attached hydrogens (tertiary/aromatic N) is 1. The topological polar surface area (TPSA) is 16.4 Å². The van der Waals surface area contributed by atoms with Crippen LogP contribution in [-0.4, -0.2) is 0 Å². The van der Waals surface area contributed by atoms with Crippen LogP contribution in [0.1, 0.15) is 0 Å². The molecule has 0 spiro atoms. The average molecular weight is 644 g/mol. The summed E-state index contributed by atoms with van der Waals surface area (Å²) in [6.45, 7) is 0. The Morgan fingerprint density at radius 2 is 1.02 bits per heavy atom. The van der Waals surface area contributed by atoms with E-state index >= 15 is 0 Å². The molecule has 0 aliphatic carbocycles. The fraction of sp³-hybridized carbons (Fsp3) is 0. The van der Waals surface area contributed by atoms with Crippen LogP contribution < -0.4 is 4.90 Å². The predicted octanol–water partition coefficient (Wildman–Crippen LogP) is 13.9. The van der Waals surface area contributed by atoms with Crippen molar-refractivity contribution in [1.29, 1.82) is 0 Å². The van der Waals surface area contributed by atoms with Gasteiger partial charge in [-0.15, -0.1) is 11.3 Å². The summed E-state index contributed by atoms with van der Waals surface area (Å²) < 4.78 is 9.45. The molecule has 2 heterocycles. The van der Waals surface area contributed by atoms with Crippen molar-refractivity contribution in [3.63, 3.8) is 0 Å². The summed E-state index contributed by atoms with van der Waals surface area (Å²) in [5.41, 5.74) is 9.77. The van der Waals surface area contributed by atoms with E-state index in [1.165, 1.54) is 36.7 Å². The average Bonchev–Trinajstić information content (AvgIpc) is 3.75. The van der Waals surface area contributed by atoms with Crippen LogP contribution in [0.15, 0.2) is 180 Å². The van der Waals surface area contributed by atoms with Gasteiger partial charge in [0.25, 0.3) is 0 Å². The highest BCUT2D eigenvalue weighted by Gasteiger charge is 2.21. The number of hydrogen-bond acceptors (Lipinski definition) is 3. The molecule has 0 saturated heterocycles. The molecule has 0 radical (unpaired) electrons. The summed E-state index contributed by atoms with van der Waals surface area (Å²) in [6, 6.07) is 63.0. The molecule has 2 aromatic heterocycles. The fourth-order valence-corrected chi connectivity index (χ4v) is 8.64. The highest BCUT2D eigenvalue weighted by atomic mass is 32.1. The first kappa shape index (κ1) is 27.9. The van der Waals surface area contributed by atoms with Crippen molar-refractivity contribution >= 4 is 81.3 Å². The van der Waals surface area contributed by atoms with Crippen LogP contribution >= 0.6 is 11.3 Å². The summed E-state index contributed by atoms with van der Waals surface area (Å²) in [5.74, 6) is 0. The van der Waals surface area contributed by atoms with E-state index in [9.17, 15) is 0 Å². The second-order valence-corrected chi connectivity index (χ2v) is 13.5. The predicted molar refractivity (Wildman–Crippen MR) is 210 cm³/mol. The van der Waals surface area contributed by atoms with Crippen molar-refractivity contribution < 1.29 is 4.42 Å². The lowest BCUT2D eigenvalue weighted by atomic mass is 9.98. The van der Waals surface area contributed by atoms with Gasteiger partial charge in [0.1, 0.15) is 11.2 Å². The van der Waals surface area contributed by atoms with Gasteiger partial charge in [-0.25, -0.2) is 0 Å². The number of para-hydroxylation sites is 3. The number of thiophene rings is 1. The van der Waals surface area contributed by atoms with E-state index in [0.29, 0.717) is 0 Å². The van der Waals surface area contributed by atoms with Crippen LogP contribution in [0.25, 0.3) is 75.1 Å². The molecule has 0 amide bonds. The van der Waals surface area contributed by atoms with Crippen LogP contribution in [0, 0.1) is 0 Å². The molecule has 0 aliphatic rings. The van der Waals surface area contributed by atoms with E-state index in [2.05, 4.69) is 181 Å². The standard InChI is InChI=1S/C46H29NOS/c1-2-13-32(14-3-1)47(33-27-24-31(25-28-33)35-18-10-21-41-37-17-7-9-23-43(37)49-46(35)41)42-22-8-6-16-36(42)38-19-11-20-39-40-29-26-30-12-4-5-15-34(30)44(40)48-45(38)39/h1-29H. The number of hydrogen-bond donors (Lipinski definition) is 0. The molecular weight excluding hydrogens is 615 g/mol. The Morgan fingerprint density at radius 3 is 1.90 bits per heavy atom. The quantitative estimate of drug-likeness (QED) is 0.186. The lowest BCUT2D eigenvalue weighted by Gasteiger charge is -2.28. The van der Waals surface area contributed by atoms with Crippen LogP contribution in [0.3, 0.4) is 0 Å². The van der Waals surface area contributed by atoms with Gasteiger partial charge in [-0.3, -0.25) is 0 Å². The minimum Gasteiger partial charge on any atom is -0.455 e. The molecule has 0 saturated carbocycles. The second-order valence-electron chi connectivity index (χ2n) is 12.5. The monoisotopic (exact) mass is 643 g/mol. The second kappa shape index (κ2) is 11.2. The van der Waals surface area contributed by atoms with Gasteiger partial charge in [-0.1, -0.05) is 133 Å². The van der Waals surface area contributed by atoms with Crippen LogP contribution in [-0.2, 0) is 0 Å². The normalized spacial score (nSPS) is 11.7. The van der Waals surface area contributed by atoms with Crippen LogP contribution in [0.4, 0.5) is 17.1 Å². The zero-order valence-electron chi connectivity index (χ0n) is 26.5. The molecule has 3 heteroatoms. The van der Waals surface area contributed by atoms with Gasteiger partial charge in [-0.05, 0) is 59.0 Å². The first-order valence-corrected chi connectivity index (χ1v) is 17.4. The molecule has 0 bridgehead atoms. The first-order valence-electron chi connectivity index (χ1n) is 16.6. The largest absolute Gasteiger partial charge is 0.455 e. The molecule has 2 nitrogen and oxygen atoms in total. The Balaban J connectivity index is 1.14. The molecule has 0 unspecified atom stereocenters. The molecule has 0 aliphatic heterocycles. The van der Waals surface area contributed by atoms with Gasteiger partial charge in [0, 0.05) is 58.8 Å². The summed E-state index contributed by atoms with van der Waals surface area (Å²) in [4.78, 5) is 2.36. The summed E-state index contributed by atoms with van der Waals surface area (Å²) >= 11 is 1.87. The molecule has 10 aromatic rings. The maximum atomic E-state index is 6.80. The molecule has 0 N–H and O–H groups in total.